The highest BCUT2D eigenvalue weighted by Crippen LogP contribution is 2.27. The Hall–Kier alpha value is -2.44. The van der Waals surface area contributed by atoms with Gasteiger partial charge in [-0.05, 0) is 26.8 Å². The molecule has 0 bridgehead atoms. The number of nitrogens with zero attached hydrogens (tertiary/aromatic N) is 3. The van der Waals surface area contributed by atoms with Gasteiger partial charge in [0, 0.05) is 24.4 Å². The van der Waals surface area contributed by atoms with E-state index in [0.29, 0.717) is 0 Å². The minimum atomic E-state index is -0.643. The van der Waals surface area contributed by atoms with Crippen LogP contribution in [-0.2, 0) is 7.05 Å². The summed E-state index contributed by atoms with van der Waals surface area (Å²) < 4.78 is 15.7. The molecule has 1 N–H and O–H groups in total. The molecule has 2 aromatic rings. The van der Waals surface area contributed by atoms with Gasteiger partial charge in [-0.3, -0.25) is 14.8 Å². The molecule has 6 nitrogen and oxygen atoms in total. The van der Waals surface area contributed by atoms with Crippen LogP contribution in [0.25, 0.3) is 0 Å². The summed E-state index contributed by atoms with van der Waals surface area (Å²) in [7, 11) is 1.85. The lowest BCUT2D eigenvalue weighted by atomic mass is 10.1. The predicted molar refractivity (Wildman–Crippen MR) is 77.8 cm³/mol. The summed E-state index contributed by atoms with van der Waals surface area (Å²) in [6.45, 7) is 5.74. The number of rotatable bonds is 4. The molecular formula is C14H17FN4O2. The van der Waals surface area contributed by atoms with Gasteiger partial charge in [0.25, 0.3) is 5.69 Å². The number of nitrogens with one attached hydrogen (secondary N) is 1. The van der Waals surface area contributed by atoms with Gasteiger partial charge in [-0.2, -0.15) is 5.10 Å². The van der Waals surface area contributed by atoms with Crippen LogP contribution in [0.4, 0.5) is 15.8 Å². The maximum Gasteiger partial charge on any atom is 0.272 e. The molecule has 0 fully saturated rings. The van der Waals surface area contributed by atoms with Gasteiger partial charge >= 0.3 is 0 Å². The first-order valence-electron chi connectivity index (χ1n) is 6.51. The standard InChI is InChI=1S/C14H17FN4O2/c1-8(14-9(2)17-18(4)10(14)3)16-13-6-5-11(19(20)21)7-12(13)15/h5-8,16H,1-4H3. The first kappa shape index (κ1) is 15.0. The van der Waals surface area contributed by atoms with Gasteiger partial charge in [0.1, 0.15) is 0 Å². The monoisotopic (exact) mass is 292 g/mol. The largest absolute Gasteiger partial charge is 0.376 e. The Kier molecular flexibility index (Phi) is 3.93. The van der Waals surface area contributed by atoms with E-state index in [9.17, 15) is 14.5 Å². The highest BCUT2D eigenvalue weighted by molar-refractivity contribution is 5.52. The van der Waals surface area contributed by atoms with E-state index in [1.807, 2.05) is 27.8 Å². The number of nitro benzene ring substituents is 1. The van der Waals surface area contributed by atoms with Crippen LogP contribution < -0.4 is 5.32 Å². The van der Waals surface area contributed by atoms with Crippen molar-refractivity contribution in [3.8, 4) is 0 Å². The van der Waals surface area contributed by atoms with Gasteiger partial charge in [-0.1, -0.05) is 0 Å². The Bertz CT molecular complexity index is 697. The van der Waals surface area contributed by atoms with E-state index < -0.39 is 10.7 Å². The topological polar surface area (TPSA) is 73.0 Å². The molecule has 7 heteroatoms. The van der Waals surface area contributed by atoms with Crippen molar-refractivity contribution < 1.29 is 9.31 Å². The molecule has 1 atom stereocenters. The van der Waals surface area contributed by atoms with Gasteiger partial charge in [0.05, 0.1) is 28.4 Å². The van der Waals surface area contributed by atoms with Crippen LogP contribution in [0.2, 0.25) is 0 Å². The second-order valence-electron chi connectivity index (χ2n) is 5.00. The molecule has 2 rings (SSSR count). The maximum atomic E-state index is 13.9. The Morgan fingerprint density at radius 2 is 2.10 bits per heavy atom. The van der Waals surface area contributed by atoms with Crippen molar-refractivity contribution in [1.29, 1.82) is 0 Å². The predicted octanol–water partition coefficient (Wildman–Crippen LogP) is 3.26. The number of benzene rings is 1. The molecule has 0 radical (unpaired) electrons. The molecule has 0 aliphatic rings. The summed E-state index contributed by atoms with van der Waals surface area (Å²) in [5.41, 5.74) is 2.83. The quantitative estimate of drug-likeness (QED) is 0.693. The van der Waals surface area contributed by atoms with E-state index in [1.54, 1.807) is 4.68 Å². The number of anilines is 1. The number of non-ortho nitro benzene ring substituents is 1. The third kappa shape index (κ3) is 2.86. The summed E-state index contributed by atoms with van der Waals surface area (Å²) in [5, 5.41) is 18.0. The molecule has 1 heterocycles. The molecule has 1 aromatic carbocycles. The molecule has 0 saturated heterocycles. The van der Waals surface area contributed by atoms with E-state index in [2.05, 4.69) is 10.4 Å². The lowest BCUT2D eigenvalue weighted by molar-refractivity contribution is -0.385. The van der Waals surface area contributed by atoms with E-state index >= 15 is 0 Å². The summed E-state index contributed by atoms with van der Waals surface area (Å²) in [6, 6.07) is 3.42. The fourth-order valence-electron chi connectivity index (χ4n) is 2.46. The Balaban J connectivity index is 2.27. The zero-order chi connectivity index (χ0) is 15.7. The summed E-state index contributed by atoms with van der Waals surface area (Å²) in [6.07, 6.45) is 0. The van der Waals surface area contributed by atoms with Crippen LogP contribution in [0.15, 0.2) is 18.2 Å². The number of hydrogen-bond donors (Lipinski definition) is 1. The third-order valence-corrected chi connectivity index (χ3v) is 3.53. The van der Waals surface area contributed by atoms with Crippen molar-refractivity contribution in [1.82, 2.24) is 9.78 Å². The van der Waals surface area contributed by atoms with Gasteiger partial charge in [0.2, 0.25) is 0 Å². The lowest BCUT2D eigenvalue weighted by Gasteiger charge is -2.16. The molecule has 112 valence electrons. The lowest BCUT2D eigenvalue weighted by Crippen LogP contribution is -2.10. The second kappa shape index (κ2) is 5.51. The van der Waals surface area contributed by atoms with Gasteiger partial charge in [-0.25, -0.2) is 4.39 Å². The zero-order valence-corrected chi connectivity index (χ0v) is 12.3. The molecular weight excluding hydrogens is 275 g/mol. The minimum Gasteiger partial charge on any atom is -0.376 e. The van der Waals surface area contributed by atoms with Crippen LogP contribution in [0.3, 0.4) is 0 Å². The fraction of sp³-hybridized carbons (Fsp3) is 0.357. The maximum absolute atomic E-state index is 13.9. The molecule has 21 heavy (non-hydrogen) atoms. The number of aromatic nitrogens is 2. The normalized spacial score (nSPS) is 12.2. The van der Waals surface area contributed by atoms with E-state index in [0.717, 1.165) is 23.0 Å². The first-order chi connectivity index (χ1) is 9.81. The Morgan fingerprint density at radius 3 is 2.57 bits per heavy atom. The average molecular weight is 292 g/mol. The molecule has 0 spiro atoms. The van der Waals surface area contributed by atoms with Gasteiger partial charge in [-0.15, -0.1) is 0 Å². The number of hydrogen-bond acceptors (Lipinski definition) is 4. The van der Waals surface area contributed by atoms with Crippen LogP contribution in [0, 0.1) is 29.8 Å². The number of halogens is 1. The molecule has 1 unspecified atom stereocenters. The van der Waals surface area contributed by atoms with Crippen molar-refractivity contribution >= 4 is 11.4 Å². The van der Waals surface area contributed by atoms with Crippen molar-refractivity contribution in [2.75, 3.05) is 5.32 Å². The van der Waals surface area contributed by atoms with Crippen LogP contribution in [0.5, 0.6) is 0 Å². The fourth-order valence-corrected chi connectivity index (χ4v) is 2.46. The van der Waals surface area contributed by atoms with Crippen molar-refractivity contribution in [3.05, 3.63) is 51.1 Å². The molecule has 0 amide bonds. The van der Waals surface area contributed by atoms with Crippen molar-refractivity contribution in [3.63, 3.8) is 0 Å². The van der Waals surface area contributed by atoms with Gasteiger partial charge < -0.3 is 5.32 Å². The van der Waals surface area contributed by atoms with Crippen LogP contribution in [-0.4, -0.2) is 14.7 Å². The minimum absolute atomic E-state index is 0.158. The van der Waals surface area contributed by atoms with Crippen molar-refractivity contribution in [2.24, 2.45) is 7.05 Å². The second-order valence-corrected chi connectivity index (χ2v) is 5.00. The Morgan fingerprint density at radius 1 is 1.43 bits per heavy atom. The van der Waals surface area contributed by atoms with Crippen LogP contribution in [0.1, 0.15) is 29.9 Å². The van der Waals surface area contributed by atoms with E-state index in [4.69, 9.17) is 0 Å². The molecule has 1 aromatic heterocycles. The van der Waals surface area contributed by atoms with E-state index in [1.165, 1.54) is 12.1 Å². The number of nitro groups is 1. The average Bonchev–Trinajstić information content (AvgIpc) is 2.65. The highest BCUT2D eigenvalue weighted by Gasteiger charge is 2.18. The van der Waals surface area contributed by atoms with Crippen LogP contribution >= 0.6 is 0 Å². The van der Waals surface area contributed by atoms with E-state index in [-0.39, 0.29) is 17.4 Å². The first-order valence-corrected chi connectivity index (χ1v) is 6.51. The SMILES string of the molecule is Cc1nn(C)c(C)c1C(C)Nc1ccc([N+](=O)[O-])cc1F. The third-order valence-electron chi connectivity index (χ3n) is 3.53. The van der Waals surface area contributed by atoms with Gasteiger partial charge in [0.15, 0.2) is 5.82 Å². The zero-order valence-electron chi connectivity index (χ0n) is 12.3. The summed E-state index contributed by atoms with van der Waals surface area (Å²) >= 11 is 0. The Labute approximate surface area is 121 Å². The number of aryl methyl sites for hydroxylation is 2. The van der Waals surface area contributed by atoms with Crippen molar-refractivity contribution in [2.45, 2.75) is 26.8 Å². The summed E-state index contributed by atoms with van der Waals surface area (Å²) in [5.74, 6) is -0.643. The molecule has 0 aliphatic carbocycles. The molecule has 0 aliphatic heterocycles. The molecule has 0 saturated carbocycles. The summed E-state index contributed by atoms with van der Waals surface area (Å²) in [4.78, 5) is 9.99. The smallest absolute Gasteiger partial charge is 0.272 e. The highest BCUT2D eigenvalue weighted by atomic mass is 19.1.